The maximum atomic E-state index is 10.8. The predicted octanol–water partition coefficient (Wildman–Crippen LogP) is 3.17. The highest BCUT2D eigenvalue weighted by atomic mass is 16.5. The molecule has 0 atom stereocenters. The summed E-state index contributed by atoms with van der Waals surface area (Å²) in [5, 5.41) is 3.74. The van der Waals surface area contributed by atoms with Gasteiger partial charge in [0, 0.05) is 0 Å². The lowest BCUT2D eigenvalue weighted by Gasteiger charge is -2.05. The van der Waals surface area contributed by atoms with Gasteiger partial charge in [-0.15, -0.1) is 0 Å². The minimum absolute atomic E-state index is 0.606. The number of carbonyl (C=O) groups excluding carboxylic acids is 1. The third-order valence-electron chi connectivity index (χ3n) is 2.41. The Morgan fingerprint density at radius 1 is 1.05 bits per heavy atom. The predicted molar refractivity (Wildman–Crippen MR) is 76.1 cm³/mol. The number of para-hydroxylation sites is 1. The molecule has 0 aliphatic heterocycles. The maximum Gasteiger partial charge on any atom is 0.427 e. The van der Waals surface area contributed by atoms with Crippen molar-refractivity contribution in [1.29, 1.82) is 0 Å². The lowest BCUT2D eigenvalue weighted by molar-refractivity contribution is 0.171. The quantitative estimate of drug-likeness (QED) is 0.685. The molecule has 2 aromatic rings. The van der Waals surface area contributed by atoms with Crippen LogP contribution in [0.25, 0.3) is 0 Å². The summed E-state index contributed by atoms with van der Waals surface area (Å²) in [6, 6.07) is 16.8. The Kier molecular flexibility index (Phi) is 4.72. The lowest BCUT2D eigenvalue weighted by Crippen LogP contribution is -2.16. The van der Waals surface area contributed by atoms with E-state index in [2.05, 4.69) is 15.3 Å². The molecule has 5 nitrogen and oxygen atoms in total. The number of ether oxygens (including phenoxy) is 2. The summed E-state index contributed by atoms with van der Waals surface area (Å²) in [5.41, 5.74) is 3.05. The molecule has 1 N–H and O–H groups in total. The Morgan fingerprint density at radius 3 is 2.35 bits per heavy atom. The third-order valence-corrected chi connectivity index (χ3v) is 2.41. The second-order valence-corrected chi connectivity index (χ2v) is 3.85. The molecule has 0 saturated carbocycles. The van der Waals surface area contributed by atoms with E-state index in [0.717, 1.165) is 17.1 Å². The summed E-state index contributed by atoms with van der Waals surface area (Å²) in [4.78, 5) is 10.8. The van der Waals surface area contributed by atoms with Crippen LogP contribution >= 0.6 is 0 Å². The van der Waals surface area contributed by atoms with Crippen molar-refractivity contribution >= 4 is 12.3 Å². The van der Waals surface area contributed by atoms with E-state index in [9.17, 15) is 4.79 Å². The minimum Gasteiger partial charge on any atom is -0.457 e. The van der Waals surface area contributed by atoms with Gasteiger partial charge in [-0.25, -0.2) is 10.2 Å². The average molecular weight is 270 g/mol. The van der Waals surface area contributed by atoms with Crippen molar-refractivity contribution in [3.63, 3.8) is 0 Å². The summed E-state index contributed by atoms with van der Waals surface area (Å²) in [7, 11) is 1.28. The van der Waals surface area contributed by atoms with E-state index in [4.69, 9.17) is 4.74 Å². The number of rotatable bonds is 4. The first-order valence-electron chi connectivity index (χ1n) is 5.98. The van der Waals surface area contributed by atoms with Crippen molar-refractivity contribution < 1.29 is 14.3 Å². The highest BCUT2D eigenvalue weighted by Crippen LogP contribution is 2.20. The summed E-state index contributed by atoms with van der Waals surface area (Å²) >= 11 is 0. The molecule has 0 spiro atoms. The van der Waals surface area contributed by atoms with Gasteiger partial charge in [-0.05, 0) is 42.0 Å². The molecule has 0 bridgehead atoms. The lowest BCUT2D eigenvalue weighted by atomic mass is 10.2. The van der Waals surface area contributed by atoms with E-state index < -0.39 is 6.09 Å². The molecule has 102 valence electrons. The van der Waals surface area contributed by atoms with Crippen molar-refractivity contribution in [2.75, 3.05) is 7.11 Å². The van der Waals surface area contributed by atoms with Crippen LogP contribution in [0.15, 0.2) is 59.7 Å². The Bertz CT molecular complexity index is 580. The Balaban J connectivity index is 1.94. The first-order chi connectivity index (χ1) is 9.78. The van der Waals surface area contributed by atoms with Crippen LogP contribution < -0.4 is 10.2 Å². The van der Waals surface area contributed by atoms with Crippen LogP contribution in [-0.2, 0) is 4.74 Å². The topological polar surface area (TPSA) is 59.9 Å². The number of hydrogen-bond acceptors (Lipinski definition) is 4. The van der Waals surface area contributed by atoms with Gasteiger partial charge < -0.3 is 9.47 Å². The van der Waals surface area contributed by atoms with E-state index in [-0.39, 0.29) is 0 Å². The van der Waals surface area contributed by atoms with Gasteiger partial charge in [0.15, 0.2) is 0 Å². The smallest absolute Gasteiger partial charge is 0.427 e. The number of benzene rings is 2. The van der Waals surface area contributed by atoms with E-state index >= 15 is 0 Å². The highest BCUT2D eigenvalue weighted by molar-refractivity contribution is 5.81. The largest absolute Gasteiger partial charge is 0.457 e. The van der Waals surface area contributed by atoms with Crippen LogP contribution in [-0.4, -0.2) is 19.4 Å². The summed E-state index contributed by atoms with van der Waals surface area (Å²) < 4.78 is 10.0. The monoisotopic (exact) mass is 270 g/mol. The average Bonchev–Trinajstić information content (AvgIpc) is 2.50. The Morgan fingerprint density at radius 2 is 1.70 bits per heavy atom. The number of nitrogens with zero attached hydrogens (tertiary/aromatic N) is 1. The van der Waals surface area contributed by atoms with Crippen LogP contribution in [0.3, 0.4) is 0 Å². The molecule has 0 aromatic heterocycles. The molecule has 2 aromatic carbocycles. The zero-order valence-corrected chi connectivity index (χ0v) is 10.9. The highest BCUT2D eigenvalue weighted by Gasteiger charge is 1.97. The van der Waals surface area contributed by atoms with Crippen molar-refractivity contribution in [1.82, 2.24) is 5.43 Å². The van der Waals surface area contributed by atoms with Crippen molar-refractivity contribution in [2.45, 2.75) is 0 Å². The fourth-order valence-corrected chi connectivity index (χ4v) is 1.45. The Hall–Kier alpha value is -2.82. The SMILES string of the molecule is COC(=O)N/N=C/c1ccc(Oc2ccccc2)cc1. The fraction of sp³-hybridized carbons (Fsp3) is 0.0667. The zero-order valence-electron chi connectivity index (χ0n) is 10.9. The van der Waals surface area contributed by atoms with Gasteiger partial charge in [-0.3, -0.25) is 0 Å². The zero-order chi connectivity index (χ0) is 14.2. The van der Waals surface area contributed by atoms with Crippen molar-refractivity contribution in [3.05, 3.63) is 60.2 Å². The van der Waals surface area contributed by atoms with Crippen molar-refractivity contribution in [2.24, 2.45) is 5.10 Å². The Labute approximate surface area is 116 Å². The standard InChI is InChI=1S/C15H14N2O3/c1-19-15(18)17-16-11-12-7-9-14(10-8-12)20-13-5-3-2-4-6-13/h2-11H,1H3,(H,17,18)/b16-11+. The normalized spacial score (nSPS) is 10.2. The van der Waals surface area contributed by atoms with Crippen LogP contribution in [0.5, 0.6) is 11.5 Å². The summed E-state index contributed by atoms with van der Waals surface area (Å²) in [5.74, 6) is 1.51. The van der Waals surface area contributed by atoms with Gasteiger partial charge in [0.2, 0.25) is 0 Å². The van der Waals surface area contributed by atoms with Crippen LogP contribution in [0.1, 0.15) is 5.56 Å². The molecule has 2 rings (SSSR count). The summed E-state index contributed by atoms with van der Waals surface area (Å²) in [6.07, 6.45) is 0.911. The van der Waals surface area contributed by atoms with E-state index in [1.807, 2.05) is 54.6 Å². The van der Waals surface area contributed by atoms with Gasteiger partial charge in [-0.2, -0.15) is 5.10 Å². The van der Waals surface area contributed by atoms with Gasteiger partial charge in [0.05, 0.1) is 13.3 Å². The molecule has 20 heavy (non-hydrogen) atoms. The first kappa shape index (κ1) is 13.6. The van der Waals surface area contributed by atoms with E-state index in [1.165, 1.54) is 13.3 Å². The van der Waals surface area contributed by atoms with Crippen molar-refractivity contribution in [3.8, 4) is 11.5 Å². The number of methoxy groups -OCH3 is 1. The van der Waals surface area contributed by atoms with Gasteiger partial charge in [0.25, 0.3) is 0 Å². The van der Waals surface area contributed by atoms with Crippen LogP contribution in [0.4, 0.5) is 4.79 Å². The second-order valence-electron chi connectivity index (χ2n) is 3.85. The van der Waals surface area contributed by atoms with Crippen LogP contribution in [0, 0.1) is 0 Å². The first-order valence-corrected chi connectivity index (χ1v) is 5.98. The molecule has 1 amide bonds. The molecular formula is C15H14N2O3. The van der Waals surface area contributed by atoms with Gasteiger partial charge in [0.1, 0.15) is 11.5 Å². The molecule has 0 saturated heterocycles. The van der Waals surface area contributed by atoms with Gasteiger partial charge in [-0.1, -0.05) is 18.2 Å². The number of amides is 1. The number of hydrazone groups is 1. The summed E-state index contributed by atoms with van der Waals surface area (Å²) in [6.45, 7) is 0. The molecule has 0 radical (unpaired) electrons. The maximum absolute atomic E-state index is 10.8. The molecule has 0 aliphatic rings. The number of hydrogen-bond donors (Lipinski definition) is 1. The second kappa shape index (κ2) is 6.94. The van der Waals surface area contributed by atoms with Crippen LogP contribution in [0.2, 0.25) is 0 Å². The number of carbonyl (C=O) groups is 1. The number of nitrogens with one attached hydrogen (secondary N) is 1. The molecule has 0 aliphatic carbocycles. The third kappa shape index (κ3) is 4.13. The molecule has 0 unspecified atom stereocenters. The minimum atomic E-state index is -0.606. The molecule has 5 heteroatoms. The fourth-order valence-electron chi connectivity index (χ4n) is 1.45. The molecule has 0 fully saturated rings. The van der Waals surface area contributed by atoms with E-state index in [1.54, 1.807) is 0 Å². The molecule has 0 heterocycles. The molecular weight excluding hydrogens is 256 g/mol. The van der Waals surface area contributed by atoms with Gasteiger partial charge >= 0.3 is 6.09 Å². The van der Waals surface area contributed by atoms with E-state index in [0.29, 0.717) is 0 Å².